The molecule has 0 aromatic heterocycles. The van der Waals surface area contributed by atoms with E-state index in [9.17, 15) is 9.59 Å². The Balaban J connectivity index is 1.99. The molecule has 0 aliphatic carbocycles. The zero-order chi connectivity index (χ0) is 18.2. The van der Waals surface area contributed by atoms with Crippen molar-refractivity contribution in [3.05, 3.63) is 59.7 Å². The van der Waals surface area contributed by atoms with Gasteiger partial charge in [0.05, 0.1) is 18.8 Å². The second-order valence-electron chi connectivity index (χ2n) is 5.98. The van der Waals surface area contributed by atoms with Crippen molar-refractivity contribution in [2.75, 3.05) is 18.5 Å². The van der Waals surface area contributed by atoms with E-state index >= 15 is 0 Å². The number of rotatable bonds is 7. The van der Waals surface area contributed by atoms with Crippen LogP contribution in [0.25, 0.3) is 0 Å². The van der Waals surface area contributed by atoms with Gasteiger partial charge >= 0.3 is 5.97 Å². The van der Waals surface area contributed by atoms with E-state index in [0.29, 0.717) is 35.8 Å². The van der Waals surface area contributed by atoms with Crippen LogP contribution >= 0.6 is 0 Å². The third-order valence-electron chi connectivity index (χ3n) is 3.33. The number of carbonyl (C=O) groups excluding carboxylic acids is 2. The van der Waals surface area contributed by atoms with E-state index in [2.05, 4.69) is 5.32 Å². The second-order valence-corrected chi connectivity index (χ2v) is 5.98. The van der Waals surface area contributed by atoms with Gasteiger partial charge < -0.3 is 14.8 Å². The highest BCUT2D eigenvalue weighted by molar-refractivity contribution is 6.04. The van der Waals surface area contributed by atoms with Gasteiger partial charge in [-0.25, -0.2) is 4.79 Å². The molecule has 0 radical (unpaired) electrons. The summed E-state index contributed by atoms with van der Waals surface area (Å²) in [5.74, 6) is 0.334. The lowest BCUT2D eigenvalue weighted by atomic mass is 10.1. The molecule has 2 rings (SSSR count). The van der Waals surface area contributed by atoms with Crippen LogP contribution in [-0.4, -0.2) is 25.1 Å². The summed E-state index contributed by atoms with van der Waals surface area (Å²) in [7, 11) is 0. The molecular formula is C20H23NO4. The predicted molar refractivity (Wildman–Crippen MR) is 97.1 cm³/mol. The van der Waals surface area contributed by atoms with Gasteiger partial charge in [0.25, 0.3) is 5.91 Å². The number of carbonyl (C=O) groups is 2. The number of esters is 1. The van der Waals surface area contributed by atoms with Crippen molar-refractivity contribution in [2.45, 2.75) is 20.8 Å². The maximum atomic E-state index is 12.3. The first-order chi connectivity index (χ1) is 12.0. The fourth-order valence-electron chi connectivity index (χ4n) is 2.11. The maximum absolute atomic E-state index is 12.3. The first-order valence-corrected chi connectivity index (χ1v) is 8.31. The van der Waals surface area contributed by atoms with Crippen LogP contribution < -0.4 is 10.1 Å². The van der Waals surface area contributed by atoms with Crippen molar-refractivity contribution in [3.8, 4) is 5.75 Å². The fourth-order valence-corrected chi connectivity index (χ4v) is 2.11. The average molecular weight is 341 g/mol. The van der Waals surface area contributed by atoms with Crippen molar-refractivity contribution < 1.29 is 19.1 Å². The summed E-state index contributed by atoms with van der Waals surface area (Å²) in [5.41, 5.74) is 1.57. The van der Waals surface area contributed by atoms with Crippen molar-refractivity contribution in [2.24, 2.45) is 5.92 Å². The molecule has 0 aliphatic heterocycles. The van der Waals surface area contributed by atoms with Gasteiger partial charge in [0.15, 0.2) is 0 Å². The van der Waals surface area contributed by atoms with Gasteiger partial charge in [-0.15, -0.1) is 0 Å². The molecule has 132 valence electrons. The fraction of sp³-hybridized carbons (Fsp3) is 0.300. The molecule has 0 unspecified atom stereocenters. The third kappa shape index (κ3) is 5.64. The highest BCUT2D eigenvalue weighted by Crippen LogP contribution is 2.16. The van der Waals surface area contributed by atoms with Crippen LogP contribution in [0.3, 0.4) is 0 Å². The molecule has 0 heterocycles. The molecule has 2 aromatic rings. The number of anilines is 1. The van der Waals surface area contributed by atoms with Gasteiger partial charge in [0, 0.05) is 11.3 Å². The Labute approximate surface area is 148 Å². The minimum Gasteiger partial charge on any atom is -0.494 e. The zero-order valence-corrected chi connectivity index (χ0v) is 14.7. The maximum Gasteiger partial charge on any atom is 0.338 e. The Hall–Kier alpha value is -2.82. The van der Waals surface area contributed by atoms with Crippen LogP contribution in [0.5, 0.6) is 5.75 Å². The SMILES string of the molecule is CCOc1cccc(C(=O)Nc2ccc(C(=O)OCC(C)C)cc2)c1. The van der Waals surface area contributed by atoms with Crippen LogP contribution in [0.2, 0.25) is 0 Å². The van der Waals surface area contributed by atoms with Gasteiger partial charge in [0.2, 0.25) is 0 Å². The van der Waals surface area contributed by atoms with E-state index in [0.717, 1.165) is 0 Å². The summed E-state index contributed by atoms with van der Waals surface area (Å²) in [6.07, 6.45) is 0. The van der Waals surface area contributed by atoms with Gasteiger partial charge in [-0.3, -0.25) is 4.79 Å². The van der Waals surface area contributed by atoms with Crippen LogP contribution in [0.15, 0.2) is 48.5 Å². The quantitative estimate of drug-likeness (QED) is 0.768. The van der Waals surface area contributed by atoms with Crippen molar-refractivity contribution in [1.82, 2.24) is 0 Å². The lowest BCUT2D eigenvalue weighted by Crippen LogP contribution is -2.13. The van der Waals surface area contributed by atoms with E-state index in [4.69, 9.17) is 9.47 Å². The van der Waals surface area contributed by atoms with Crippen LogP contribution in [0, 0.1) is 5.92 Å². The number of benzene rings is 2. The highest BCUT2D eigenvalue weighted by atomic mass is 16.5. The molecule has 1 N–H and O–H groups in total. The van der Waals surface area contributed by atoms with Gasteiger partial charge in [-0.1, -0.05) is 19.9 Å². The number of nitrogens with one attached hydrogen (secondary N) is 1. The van der Waals surface area contributed by atoms with Gasteiger partial charge in [0.1, 0.15) is 5.75 Å². The molecule has 0 saturated heterocycles. The Bertz CT molecular complexity index is 723. The van der Waals surface area contributed by atoms with Crippen molar-refractivity contribution in [3.63, 3.8) is 0 Å². The Morgan fingerprint density at radius 2 is 1.76 bits per heavy atom. The Morgan fingerprint density at radius 1 is 1.04 bits per heavy atom. The van der Waals surface area contributed by atoms with Gasteiger partial charge in [-0.2, -0.15) is 0 Å². The molecule has 0 spiro atoms. The van der Waals surface area contributed by atoms with Crippen LogP contribution in [-0.2, 0) is 4.74 Å². The summed E-state index contributed by atoms with van der Waals surface area (Å²) < 4.78 is 10.6. The largest absolute Gasteiger partial charge is 0.494 e. The molecule has 5 nitrogen and oxygen atoms in total. The minimum absolute atomic E-state index is 0.239. The molecule has 0 saturated carbocycles. The summed E-state index contributed by atoms with van der Waals surface area (Å²) in [6, 6.07) is 13.6. The molecule has 25 heavy (non-hydrogen) atoms. The smallest absolute Gasteiger partial charge is 0.338 e. The molecule has 0 aliphatic rings. The van der Waals surface area contributed by atoms with E-state index in [1.165, 1.54) is 0 Å². The van der Waals surface area contributed by atoms with Gasteiger partial charge in [-0.05, 0) is 55.3 Å². The van der Waals surface area contributed by atoms with E-state index in [1.54, 1.807) is 48.5 Å². The average Bonchev–Trinajstić information content (AvgIpc) is 2.61. The number of hydrogen-bond donors (Lipinski definition) is 1. The number of ether oxygens (including phenoxy) is 2. The standard InChI is InChI=1S/C20H23NO4/c1-4-24-18-7-5-6-16(12-18)19(22)21-17-10-8-15(9-11-17)20(23)25-13-14(2)3/h5-12,14H,4,13H2,1-3H3,(H,21,22). The molecule has 0 bridgehead atoms. The third-order valence-corrected chi connectivity index (χ3v) is 3.33. The van der Waals surface area contributed by atoms with E-state index < -0.39 is 0 Å². The summed E-state index contributed by atoms with van der Waals surface area (Å²) in [4.78, 5) is 24.2. The topological polar surface area (TPSA) is 64.6 Å². The van der Waals surface area contributed by atoms with Crippen LogP contribution in [0.1, 0.15) is 41.5 Å². The highest BCUT2D eigenvalue weighted by Gasteiger charge is 2.10. The van der Waals surface area contributed by atoms with Crippen molar-refractivity contribution in [1.29, 1.82) is 0 Å². The first-order valence-electron chi connectivity index (χ1n) is 8.31. The number of amides is 1. The molecule has 5 heteroatoms. The molecule has 1 amide bonds. The second kappa shape index (κ2) is 8.87. The lowest BCUT2D eigenvalue weighted by molar-refractivity contribution is 0.0459. The first kappa shape index (κ1) is 18.5. The zero-order valence-electron chi connectivity index (χ0n) is 14.7. The van der Waals surface area contributed by atoms with E-state index in [1.807, 2.05) is 20.8 Å². The predicted octanol–water partition coefficient (Wildman–Crippen LogP) is 4.15. The van der Waals surface area contributed by atoms with E-state index in [-0.39, 0.29) is 17.8 Å². The molecule has 0 atom stereocenters. The summed E-state index contributed by atoms with van der Waals surface area (Å²) in [5, 5.41) is 2.80. The lowest BCUT2D eigenvalue weighted by Gasteiger charge is -2.09. The monoisotopic (exact) mass is 341 g/mol. The molecular weight excluding hydrogens is 318 g/mol. The molecule has 0 fully saturated rings. The normalized spacial score (nSPS) is 10.4. The minimum atomic E-state index is -0.365. The van der Waals surface area contributed by atoms with Crippen molar-refractivity contribution >= 4 is 17.6 Å². The Morgan fingerprint density at radius 3 is 2.40 bits per heavy atom. The number of hydrogen-bond acceptors (Lipinski definition) is 4. The molecule has 2 aromatic carbocycles. The Kier molecular flexibility index (Phi) is 6.57. The van der Waals surface area contributed by atoms with Crippen LogP contribution in [0.4, 0.5) is 5.69 Å². The summed E-state index contributed by atoms with van der Waals surface area (Å²) in [6.45, 7) is 6.77. The summed E-state index contributed by atoms with van der Waals surface area (Å²) >= 11 is 0.